The van der Waals surface area contributed by atoms with Crippen LogP contribution >= 0.6 is 0 Å². The summed E-state index contributed by atoms with van der Waals surface area (Å²) >= 11 is 0. The molecule has 42 heavy (non-hydrogen) atoms. The third-order valence-electron chi connectivity index (χ3n) is 7.84. The van der Waals surface area contributed by atoms with E-state index in [-0.39, 0.29) is 16.5 Å². The zero-order valence-electron chi connectivity index (χ0n) is 27.3. The Balaban J connectivity index is 0.00000322. The predicted octanol–water partition coefficient (Wildman–Crippen LogP) is 10.3. The Morgan fingerprint density at radius 3 is 1.24 bits per heavy atom. The molecule has 0 bridgehead atoms. The van der Waals surface area contributed by atoms with Gasteiger partial charge in [0.05, 0.1) is 0 Å². The number of nitrogens with zero attached hydrogens (tertiary/aromatic N) is 2. The summed E-state index contributed by atoms with van der Waals surface area (Å²) in [5.74, 6) is 0. The van der Waals surface area contributed by atoms with Crippen LogP contribution in [0.15, 0.2) is 59.7 Å². The molecule has 0 aromatic heterocycles. The van der Waals surface area contributed by atoms with Crippen molar-refractivity contribution in [3.8, 4) is 0 Å². The standard InChI is InChI=1S/C35H50N2.2CH4O.Ni/c1-5-9-12-15-17-28-20-24-30(25-21-28)34-32(8-4)33(19-14-11-7-3)35(37(34)36)31-26-22-29(23-27-31)18-16-13-10-6-2;2*1-2;/h20-27H,5-19H2,1-4H3;2*2H,1H3;. The van der Waals surface area contributed by atoms with E-state index in [0.29, 0.717) is 0 Å². The number of aliphatic hydroxyl groups excluding tert-OH is 2. The summed E-state index contributed by atoms with van der Waals surface area (Å²) in [6.07, 6.45) is 18.1. The Bertz CT molecular complexity index is 1060. The van der Waals surface area contributed by atoms with E-state index < -0.39 is 0 Å². The van der Waals surface area contributed by atoms with Gasteiger partial charge in [0.25, 0.3) is 0 Å². The largest absolute Gasteiger partial charge is 0.493 e. The molecule has 1 heterocycles. The number of aliphatic hydroxyl groups is 2. The summed E-state index contributed by atoms with van der Waals surface area (Å²) in [6, 6.07) is 17.9. The maximum atomic E-state index is 11.6. The van der Waals surface area contributed by atoms with Gasteiger partial charge < -0.3 is 15.7 Å². The van der Waals surface area contributed by atoms with E-state index >= 15 is 0 Å². The molecule has 2 aromatic carbocycles. The third-order valence-corrected chi connectivity index (χ3v) is 7.84. The second kappa shape index (κ2) is 24.4. The van der Waals surface area contributed by atoms with Crippen LogP contribution in [-0.4, -0.2) is 29.1 Å². The number of rotatable bonds is 17. The monoisotopic (exact) mass is 620 g/mol. The Morgan fingerprint density at radius 2 is 0.857 bits per heavy atom. The smallest absolute Gasteiger partial charge is 0.211 e. The SMILES string of the molecule is CCCCCCc1ccc(C2=C(CC)C(CCCCC)=C(c3ccc(CCCCCC)cc3)[N+]2=[N-])cc1.CO.CO.[Ni]. The molecule has 0 saturated heterocycles. The van der Waals surface area contributed by atoms with Gasteiger partial charge in [0.1, 0.15) is 0 Å². The molecule has 0 atom stereocenters. The molecule has 2 aromatic rings. The third kappa shape index (κ3) is 12.3. The van der Waals surface area contributed by atoms with E-state index in [1.807, 2.05) is 0 Å². The molecule has 0 amide bonds. The molecule has 0 spiro atoms. The van der Waals surface area contributed by atoms with Crippen molar-refractivity contribution >= 4 is 11.4 Å². The number of hydrogen-bond donors (Lipinski definition) is 2. The molecule has 4 nitrogen and oxygen atoms in total. The summed E-state index contributed by atoms with van der Waals surface area (Å²) in [7, 11) is 2.00. The fourth-order valence-electron chi connectivity index (χ4n) is 5.62. The van der Waals surface area contributed by atoms with Gasteiger partial charge in [0.2, 0.25) is 11.4 Å². The van der Waals surface area contributed by atoms with Crippen LogP contribution in [0.25, 0.3) is 16.9 Å². The first-order valence-electron chi connectivity index (χ1n) is 16.2. The Morgan fingerprint density at radius 1 is 0.500 bits per heavy atom. The molecule has 3 rings (SSSR count). The van der Waals surface area contributed by atoms with Gasteiger partial charge in [-0.2, -0.15) is 0 Å². The van der Waals surface area contributed by atoms with E-state index in [1.54, 1.807) is 0 Å². The minimum atomic E-state index is 0. The Hall–Kier alpha value is -2.07. The molecule has 238 valence electrons. The molecular formula is C37H58N2NiO2. The van der Waals surface area contributed by atoms with Crippen LogP contribution in [0.4, 0.5) is 0 Å². The van der Waals surface area contributed by atoms with Gasteiger partial charge in [-0.25, -0.2) is 4.70 Å². The van der Waals surface area contributed by atoms with Crippen LogP contribution in [0.3, 0.4) is 0 Å². The zero-order valence-corrected chi connectivity index (χ0v) is 28.3. The second-order valence-electron chi connectivity index (χ2n) is 10.8. The summed E-state index contributed by atoms with van der Waals surface area (Å²) in [6.45, 7) is 9.01. The predicted molar refractivity (Wildman–Crippen MR) is 177 cm³/mol. The maximum Gasteiger partial charge on any atom is 0.211 e. The number of hydrogen-bond acceptors (Lipinski definition) is 2. The quantitative estimate of drug-likeness (QED) is 0.105. The van der Waals surface area contributed by atoms with Gasteiger partial charge in [0.15, 0.2) is 0 Å². The van der Waals surface area contributed by atoms with Crippen molar-refractivity contribution in [1.82, 2.24) is 0 Å². The first-order chi connectivity index (χ1) is 20.1. The van der Waals surface area contributed by atoms with Crippen molar-refractivity contribution in [1.29, 1.82) is 0 Å². The van der Waals surface area contributed by atoms with E-state index in [9.17, 15) is 5.53 Å². The van der Waals surface area contributed by atoms with E-state index in [2.05, 4.69) is 76.2 Å². The zero-order chi connectivity index (χ0) is 30.5. The number of unbranched alkanes of at least 4 members (excludes halogenated alkanes) is 8. The fourth-order valence-corrected chi connectivity index (χ4v) is 5.62. The van der Waals surface area contributed by atoms with E-state index in [1.165, 1.54) is 91.2 Å². The second-order valence-corrected chi connectivity index (χ2v) is 10.8. The summed E-state index contributed by atoms with van der Waals surface area (Å²) in [5, 5.41) is 14.0. The molecule has 0 aliphatic carbocycles. The average molecular weight is 622 g/mol. The van der Waals surface area contributed by atoms with Gasteiger partial charge in [-0.3, -0.25) is 0 Å². The molecule has 1 aliphatic heterocycles. The average Bonchev–Trinajstić information content (AvgIpc) is 3.31. The van der Waals surface area contributed by atoms with E-state index in [0.717, 1.165) is 68.8 Å². The van der Waals surface area contributed by atoms with Crippen LogP contribution in [0.2, 0.25) is 0 Å². The minimum Gasteiger partial charge on any atom is -0.493 e. The van der Waals surface area contributed by atoms with Crippen molar-refractivity contribution in [2.45, 2.75) is 124 Å². The Kier molecular flexibility index (Phi) is 23.2. The van der Waals surface area contributed by atoms with Crippen LogP contribution in [0, 0.1) is 0 Å². The first-order valence-corrected chi connectivity index (χ1v) is 16.2. The van der Waals surface area contributed by atoms with Crippen molar-refractivity contribution < 1.29 is 31.4 Å². The molecule has 0 saturated carbocycles. The van der Waals surface area contributed by atoms with Crippen LogP contribution in [0.1, 0.15) is 133 Å². The van der Waals surface area contributed by atoms with Gasteiger partial charge in [0, 0.05) is 53.0 Å². The van der Waals surface area contributed by atoms with Gasteiger partial charge >= 0.3 is 0 Å². The molecule has 0 unspecified atom stereocenters. The maximum absolute atomic E-state index is 11.6. The number of allylic oxidation sites excluding steroid dienone is 2. The molecule has 0 fully saturated rings. The summed E-state index contributed by atoms with van der Waals surface area (Å²) in [5.41, 5.74) is 21.3. The molecule has 2 N–H and O–H groups in total. The molecule has 0 radical (unpaired) electrons. The van der Waals surface area contributed by atoms with E-state index in [4.69, 9.17) is 10.2 Å². The first kappa shape index (κ1) is 39.9. The molecule has 1 aliphatic rings. The normalized spacial score (nSPS) is 12.4. The topological polar surface area (TPSA) is 65.8 Å². The molecule has 5 heteroatoms. The molecular weight excluding hydrogens is 563 g/mol. The summed E-state index contributed by atoms with van der Waals surface area (Å²) < 4.78 is 1.51. The van der Waals surface area contributed by atoms with Gasteiger partial charge in [-0.1, -0.05) is 103 Å². The number of benzene rings is 2. The van der Waals surface area contributed by atoms with Crippen molar-refractivity contribution in [2.75, 3.05) is 14.2 Å². The van der Waals surface area contributed by atoms with Gasteiger partial charge in [-0.15, -0.1) is 0 Å². The van der Waals surface area contributed by atoms with Crippen LogP contribution < -0.4 is 0 Å². The van der Waals surface area contributed by atoms with Crippen molar-refractivity contribution in [2.24, 2.45) is 0 Å². The van der Waals surface area contributed by atoms with Crippen LogP contribution in [-0.2, 0) is 29.3 Å². The van der Waals surface area contributed by atoms with Crippen molar-refractivity contribution in [3.05, 3.63) is 87.5 Å². The van der Waals surface area contributed by atoms with Crippen molar-refractivity contribution in [3.63, 3.8) is 0 Å². The Labute approximate surface area is 267 Å². The summed E-state index contributed by atoms with van der Waals surface area (Å²) in [4.78, 5) is 0. The van der Waals surface area contributed by atoms with Crippen LogP contribution in [0.5, 0.6) is 0 Å². The fraction of sp³-hybridized carbons (Fsp3) is 0.568. The van der Waals surface area contributed by atoms with Gasteiger partial charge in [-0.05, 0) is 80.3 Å². The minimum absolute atomic E-state index is 0. The number of aryl methyl sites for hydroxylation is 2.